The van der Waals surface area contributed by atoms with Crippen molar-refractivity contribution >= 4 is 34.1 Å². The second-order valence-electron chi connectivity index (χ2n) is 10.8. The fourth-order valence-corrected chi connectivity index (χ4v) is 5.63. The number of nitrogens with zero attached hydrogens (tertiary/aromatic N) is 24. The fourth-order valence-electron chi connectivity index (χ4n) is 5.63. The molecule has 0 amide bonds. The Balaban J connectivity index is 0.000000181. The van der Waals surface area contributed by atoms with E-state index >= 15 is 0 Å². The van der Waals surface area contributed by atoms with Crippen LogP contribution in [0.4, 0.5) is 34.1 Å². The lowest BCUT2D eigenvalue weighted by Crippen LogP contribution is -2.16. The van der Waals surface area contributed by atoms with Crippen LogP contribution < -0.4 is 0 Å². The van der Waals surface area contributed by atoms with Gasteiger partial charge in [-0.1, -0.05) is 0 Å². The highest BCUT2D eigenvalue weighted by atomic mass is 16.7. The average molecular weight is 829 g/mol. The van der Waals surface area contributed by atoms with Gasteiger partial charge in [-0.2, -0.15) is 30.6 Å². The van der Waals surface area contributed by atoms with E-state index in [1.807, 2.05) is 0 Å². The van der Waals surface area contributed by atoms with Crippen LogP contribution in [0.25, 0.3) is 34.1 Å². The molecule has 2 aromatic carbocycles. The van der Waals surface area contributed by atoms with E-state index in [9.17, 15) is 60.7 Å². The molecular formula is C24H12N24O12. The lowest BCUT2D eigenvalue weighted by Gasteiger charge is -2.13. The van der Waals surface area contributed by atoms with Gasteiger partial charge >= 0.3 is 34.1 Å². The van der Waals surface area contributed by atoms with Gasteiger partial charge in [-0.05, 0) is 0 Å². The highest BCUT2D eigenvalue weighted by Crippen LogP contribution is 2.49. The topological polar surface area (TPSA) is 443 Å². The Bertz CT molecular complexity index is 2370. The Kier molecular flexibility index (Phi) is 9.54. The summed E-state index contributed by atoms with van der Waals surface area (Å²) in [4.78, 5) is 87.7. The number of benzene rings is 2. The van der Waals surface area contributed by atoms with Crippen molar-refractivity contribution in [1.29, 1.82) is 0 Å². The maximum absolute atomic E-state index is 12.0. The quantitative estimate of drug-likeness (QED) is 0.118. The van der Waals surface area contributed by atoms with Crippen molar-refractivity contribution in [3.05, 3.63) is 137 Å². The van der Waals surface area contributed by atoms with Crippen LogP contribution in [0.1, 0.15) is 0 Å². The summed E-state index contributed by atoms with van der Waals surface area (Å²) in [7, 11) is 0. The lowest BCUT2D eigenvalue weighted by molar-refractivity contribution is -0.402. The van der Waals surface area contributed by atoms with Crippen molar-refractivity contribution in [2.45, 2.75) is 0 Å². The number of rotatable bonds is 12. The minimum Gasteiger partial charge on any atom is -0.258 e. The van der Waals surface area contributed by atoms with Gasteiger partial charge in [0.2, 0.25) is 34.1 Å². The fraction of sp³-hybridized carbons (Fsp3) is 0. The SMILES string of the molecule is O=[N+]([O-])c1c(-n2cncn2)c([N+](=O)[O-])c(-n2cncn2)c([N+](=O)[O-])c1-n1cncn1.O=[N+]([O-])c1c(-n2cncn2)c([N+](=O)[O-])c(-n2cncn2)c([N+](=O)[O-])c1-n1cncn1. The summed E-state index contributed by atoms with van der Waals surface area (Å²) in [5.74, 6) is 0. The van der Waals surface area contributed by atoms with Crippen LogP contribution in [-0.4, -0.2) is 118 Å². The molecule has 0 N–H and O–H groups in total. The minimum absolute atomic E-state index is 0.691. The Morgan fingerprint density at radius 2 is 0.417 bits per heavy atom. The largest absolute Gasteiger partial charge is 0.334 e. The van der Waals surface area contributed by atoms with E-state index in [2.05, 4.69) is 60.5 Å². The zero-order valence-electron chi connectivity index (χ0n) is 28.6. The van der Waals surface area contributed by atoms with E-state index < -0.39 is 97.8 Å². The van der Waals surface area contributed by atoms with Gasteiger partial charge in [0.05, 0.1) is 29.5 Å². The molecule has 0 saturated carbocycles. The van der Waals surface area contributed by atoms with Crippen molar-refractivity contribution in [1.82, 2.24) is 88.6 Å². The summed E-state index contributed by atoms with van der Waals surface area (Å²) >= 11 is 0. The molecule has 0 aliphatic carbocycles. The van der Waals surface area contributed by atoms with Crippen LogP contribution in [0, 0.1) is 60.7 Å². The number of nitro groups is 6. The molecular weight excluding hydrogens is 816 g/mol. The first-order valence-corrected chi connectivity index (χ1v) is 15.3. The van der Waals surface area contributed by atoms with Crippen molar-refractivity contribution in [3.8, 4) is 34.1 Å². The number of nitro benzene ring substituents is 6. The Morgan fingerprint density at radius 1 is 0.283 bits per heavy atom. The van der Waals surface area contributed by atoms with Crippen molar-refractivity contribution < 1.29 is 29.5 Å². The minimum atomic E-state index is -1.01. The zero-order chi connectivity index (χ0) is 42.8. The van der Waals surface area contributed by atoms with E-state index in [4.69, 9.17) is 0 Å². The standard InChI is InChI=1S/2C12H6N12O6/c2*25-22(26)10-7(19-4-13-1-16-19)11(23(27)28)9(21-6-15-3-18-21)12(24(29)30)8(10)20-5-14-2-17-20/h2*1-6H. The molecule has 60 heavy (non-hydrogen) atoms. The predicted molar refractivity (Wildman–Crippen MR) is 182 cm³/mol. The van der Waals surface area contributed by atoms with Crippen LogP contribution >= 0.6 is 0 Å². The van der Waals surface area contributed by atoms with Crippen LogP contribution in [0.2, 0.25) is 0 Å². The zero-order valence-corrected chi connectivity index (χ0v) is 28.6. The van der Waals surface area contributed by atoms with Gasteiger partial charge in [0.15, 0.2) is 0 Å². The Morgan fingerprint density at radius 3 is 0.500 bits per heavy atom. The summed E-state index contributed by atoms with van der Waals surface area (Å²) in [6.07, 6.45) is 11.7. The summed E-state index contributed by atoms with van der Waals surface area (Å²) in [6.45, 7) is 0. The highest BCUT2D eigenvalue weighted by Gasteiger charge is 2.47. The summed E-state index contributed by atoms with van der Waals surface area (Å²) < 4.78 is 4.51. The molecule has 8 aromatic rings. The first kappa shape index (κ1) is 38.0. The molecule has 0 aliphatic heterocycles. The predicted octanol–water partition coefficient (Wildman–Crippen LogP) is 0.307. The van der Waals surface area contributed by atoms with Gasteiger partial charge in [-0.3, -0.25) is 60.7 Å². The highest BCUT2D eigenvalue weighted by molar-refractivity contribution is 5.90. The normalized spacial score (nSPS) is 10.8. The molecule has 0 saturated heterocycles. The third-order valence-corrected chi connectivity index (χ3v) is 7.67. The Hall–Kier alpha value is -10.3. The van der Waals surface area contributed by atoms with E-state index in [0.717, 1.165) is 104 Å². The van der Waals surface area contributed by atoms with E-state index in [1.54, 1.807) is 0 Å². The third-order valence-electron chi connectivity index (χ3n) is 7.67. The molecule has 300 valence electrons. The molecule has 6 heterocycles. The van der Waals surface area contributed by atoms with Crippen LogP contribution in [0.15, 0.2) is 75.9 Å². The van der Waals surface area contributed by atoms with Gasteiger partial charge in [0.1, 0.15) is 75.9 Å². The average Bonchev–Trinajstić information content (AvgIpc) is 4.06. The van der Waals surface area contributed by atoms with Gasteiger partial charge < -0.3 is 0 Å². The smallest absolute Gasteiger partial charge is 0.258 e. The molecule has 0 aliphatic rings. The molecule has 0 radical (unpaired) electrons. The first-order chi connectivity index (χ1) is 28.8. The van der Waals surface area contributed by atoms with Gasteiger partial charge in [-0.15, -0.1) is 0 Å². The number of hydrogen-bond acceptors (Lipinski definition) is 24. The second-order valence-corrected chi connectivity index (χ2v) is 10.8. The summed E-state index contributed by atoms with van der Waals surface area (Å²) in [5, 5.41) is 94.3. The Labute approximate surface area is 323 Å². The van der Waals surface area contributed by atoms with Crippen molar-refractivity contribution in [2.24, 2.45) is 0 Å². The van der Waals surface area contributed by atoms with E-state index in [1.165, 1.54) is 0 Å². The monoisotopic (exact) mass is 828 g/mol. The van der Waals surface area contributed by atoms with Crippen LogP contribution in [-0.2, 0) is 0 Å². The maximum atomic E-state index is 12.0. The lowest BCUT2D eigenvalue weighted by atomic mass is 10.1. The van der Waals surface area contributed by atoms with E-state index in [0.29, 0.717) is 0 Å². The van der Waals surface area contributed by atoms with Crippen molar-refractivity contribution in [2.75, 3.05) is 0 Å². The molecule has 0 unspecified atom stereocenters. The molecule has 36 nitrogen and oxygen atoms in total. The van der Waals surface area contributed by atoms with Gasteiger partial charge in [0, 0.05) is 0 Å². The second kappa shape index (κ2) is 15.1. The number of aromatic nitrogens is 18. The molecule has 0 spiro atoms. The summed E-state index contributed by atoms with van der Waals surface area (Å²) in [6, 6.07) is 0. The third kappa shape index (κ3) is 6.37. The number of hydrogen-bond donors (Lipinski definition) is 0. The first-order valence-electron chi connectivity index (χ1n) is 15.3. The van der Waals surface area contributed by atoms with Crippen LogP contribution in [0.3, 0.4) is 0 Å². The van der Waals surface area contributed by atoms with Gasteiger partial charge in [-0.25, -0.2) is 58.0 Å². The molecule has 0 atom stereocenters. The van der Waals surface area contributed by atoms with Crippen LogP contribution in [0.5, 0.6) is 0 Å². The molecule has 36 heteroatoms. The molecule has 8 rings (SSSR count). The molecule has 0 fully saturated rings. The van der Waals surface area contributed by atoms with Crippen molar-refractivity contribution in [3.63, 3.8) is 0 Å². The maximum Gasteiger partial charge on any atom is 0.334 e. The molecule has 0 bridgehead atoms. The van der Waals surface area contributed by atoms with Gasteiger partial charge in [0.25, 0.3) is 0 Å². The van der Waals surface area contributed by atoms with E-state index in [-0.39, 0.29) is 0 Å². The summed E-state index contributed by atoms with van der Waals surface area (Å²) in [5.41, 5.74) is -10.2. The molecule has 6 aromatic heterocycles.